The Bertz CT molecular complexity index is 1350. The molecule has 0 unspecified atom stereocenters. The normalized spacial score (nSPS) is 10.6. The van der Waals surface area contributed by atoms with Crippen molar-refractivity contribution in [1.29, 1.82) is 0 Å². The zero-order valence-corrected chi connectivity index (χ0v) is 18.1. The number of hydrogen-bond donors (Lipinski definition) is 0. The van der Waals surface area contributed by atoms with Crippen LogP contribution in [0, 0.1) is 13.5 Å². The Morgan fingerprint density at radius 3 is 2.75 bits per heavy atom. The minimum Gasteiger partial charge on any atom is -0.489 e. The van der Waals surface area contributed by atoms with E-state index < -0.39 is 0 Å². The topological polar surface area (TPSA) is 78.7 Å². The van der Waals surface area contributed by atoms with Crippen molar-refractivity contribution in [2.45, 2.75) is 26.4 Å². The molecule has 0 atom stereocenters. The van der Waals surface area contributed by atoms with Gasteiger partial charge in [-0.25, -0.2) is 4.98 Å². The third kappa shape index (κ3) is 4.85. The first-order valence-electron chi connectivity index (χ1n) is 9.90. The Balaban J connectivity index is 1.45. The SMILES string of the molecule is [C-]#[N+]c1ccc(CCC(=O)c2sc(-n3ccc(OCc4ccccc4)cc3=O)nc2C)o1. The molecule has 0 saturated heterocycles. The maximum Gasteiger partial charge on any atom is 0.345 e. The quantitative estimate of drug-likeness (QED) is 0.277. The number of aryl methyl sites for hydroxylation is 2. The standard InChI is InChI=1S/C24H19N3O4S/c1-16-23(20(28)10-8-18-9-11-21(25-2)31-18)32-24(26-16)27-13-12-19(14-22(27)29)30-15-17-6-4-3-5-7-17/h3-7,9,11-14H,8,10,15H2,1H3. The number of pyridine rings is 1. The van der Waals surface area contributed by atoms with Crippen LogP contribution in [0.3, 0.4) is 0 Å². The fourth-order valence-corrected chi connectivity index (χ4v) is 4.13. The Hall–Kier alpha value is -3.96. The molecule has 4 rings (SSSR count). The monoisotopic (exact) mass is 445 g/mol. The lowest BCUT2D eigenvalue weighted by atomic mass is 10.1. The van der Waals surface area contributed by atoms with Crippen LogP contribution in [0.5, 0.6) is 5.75 Å². The molecule has 0 aliphatic carbocycles. The van der Waals surface area contributed by atoms with E-state index in [0.29, 0.717) is 40.2 Å². The molecule has 0 N–H and O–H groups in total. The highest BCUT2D eigenvalue weighted by atomic mass is 32.1. The number of aromatic nitrogens is 2. The molecule has 0 spiro atoms. The van der Waals surface area contributed by atoms with E-state index in [4.69, 9.17) is 15.7 Å². The van der Waals surface area contributed by atoms with Crippen molar-refractivity contribution in [2.24, 2.45) is 0 Å². The summed E-state index contributed by atoms with van der Waals surface area (Å²) in [7, 11) is 0. The first-order valence-corrected chi connectivity index (χ1v) is 10.7. The molecular weight excluding hydrogens is 426 g/mol. The van der Waals surface area contributed by atoms with Crippen LogP contribution in [0.25, 0.3) is 9.98 Å². The molecule has 3 heterocycles. The second-order valence-corrected chi connectivity index (χ2v) is 8.01. The van der Waals surface area contributed by atoms with Crippen molar-refractivity contribution in [3.63, 3.8) is 0 Å². The molecule has 8 heteroatoms. The number of furan rings is 1. The van der Waals surface area contributed by atoms with Crippen LogP contribution < -0.4 is 10.3 Å². The van der Waals surface area contributed by atoms with Gasteiger partial charge in [-0.1, -0.05) is 41.7 Å². The molecule has 7 nitrogen and oxygen atoms in total. The fourth-order valence-electron chi connectivity index (χ4n) is 3.10. The van der Waals surface area contributed by atoms with Crippen LogP contribution in [0.1, 0.15) is 33.1 Å². The summed E-state index contributed by atoms with van der Waals surface area (Å²) in [5, 5.41) is 0.429. The van der Waals surface area contributed by atoms with Crippen LogP contribution >= 0.6 is 11.3 Å². The third-order valence-electron chi connectivity index (χ3n) is 4.74. The molecule has 0 saturated carbocycles. The Morgan fingerprint density at radius 1 is 1.22 bits per heavy atom. The molecule has 0 bridgehead atoms. The summed E-state index contributed by atoms with van der Waals surface area (Å²) in [6.45, 7) is 9.05. The third-order valence-corrected chi connectivity index (χ3v) is 5.94. The second-order valence-electron chi connectivity index (χ2n) is 7.03. The first-order chi connectivity index (χ1) is 15.5. The lowest BCUT2D eigenvalue weighted by molar-refractivity contribution is 0.0984. The molecule has 160 valence electrons. The number of carbonyl (C=O) groups is 1. The number of nitrogens with zero attached hydrogens (tertiary/aromatic N) is 3. The maximum absolute atomic E-state index is 12.7. The van der Waals surface area contributed by atoms with Gasteiger partial charge in [0.15, 0.2) is 10.9 Å². The Labute approximate surface area is 188 Å². The van der Waals surface area contributed by atoms with Gasteiger partial charge in [0.2, 0.25) is 0 Å². The van der Waals surface area contributed by atoms with E-state index in [1.807, 2.05) is 30.3 Å². The van der Waals surface area contributed by atoms with E-state index in [1.165, 1.54) is 22.0 Å². The molecule has 3 aromatic heterocycles. The van der Waals surface area contributed by atoms with E-state index in [2.05, 4.69) is 9.83 Å². The van der Waals surface area contributed by atoms with E-state index in [0.717, 1.165) is 5.56 Å². The maximum atomic E-state index is 12.7. The number of ether oxygens (including phenoxy) is 1. The average Bonchev–Trinajstić information content (AvgIpc) is 3.43. The largest absolute Gasteiger partial charge is 0.489 e. The van der Waals surface area contributed by atoms with Crippen molar-refractivity contribution in [2.75, 3.05) is 0 Å². The number of benzene rings is 1. The van der Waals surface area contributed by atoms with E-state index in [-0.39, 0.29) is 23.6 Å². The van der Waals surface area contributed by atoms with Gasteiger partial charge in [0.25, 0.3) is 5.56 Å². The number of carbonyl (C=O) groups excluding carboxylic acids is 1. The smallest absolute Gasteiger partial charge is 0.345 e. The van der Waals surface area contributed by atoms with Crippen molar-refractivity contribution in [1.82, 2.24) is 9.55 Å². The molecule has 0 aliphatic rings. The van der Waals surface area contributed by atoms with Gasteiger partial charge < -0.3 is 9.15 Å². The summed E-state index contributed by atoms with van der Waals surface area (Å²) in [6.07, 6.45) is 2.23. The summed E-state index contributed by atoms with van der Waals surface area (Å²) in [5.41, 5.74) is 1.30. The van der Waals surface area contributed by atoms with Gasteiger partial charge in [-0.05, 0) is 30.7 Å². The van der Waals surface area contributed by atoms with Crippen molar-refractivity contribution < 1.29 is 13.9 Å². The number of rotatable bonds is 8. The van der Waals surface area contributed by atoms with Crippen LogP contribution in [-0.4, -0.2) is 15.3 Å². The predicted octanol–water partition coefficient (Wildman–Crippen LogP) is 5.14. The van der Waals surface area contributed by atoms with Gasteiger partial charge in [-0.2, -0.15) is 4.85 Å². The number of thiazole rings is 1. The fraction of sp³-hybridized carbons (Fsp3) is 0.167. The molecule has 4 aromatic rings. The molecule has 32 heavy (non-hydrogen) atoms. The number of ketones is 1. The second kappa shape index (κ2) is 9.45. The lowest BCUT2D eigenvalue weighted by Crippen LogP contribution is -2.16. The van der Waals surface area contributed by atoms with Crippen LogP contribution in [0.2, 0.25) is 0 Å². The van der Waals surface area contributed by atoms with E-state index in [9.17, 15) is 9.59 Å². The van der Waals surface area contributed by atoms with Crippen molar-refractivity contribution in [3.05, 3.63) is 104 Å². The highest BCUT2D eigenvalue weighted by Gasteiger charge is 2.17. The van der Waals surface area contributed by atoms with Gasteiger partial charge in [0.05, 0.1) is 22.9 Å². The summed E-state index contributed by atoms with van der Waals surface area (Å²) in [5.74, 6) is 1.19. The molecule has 0 fully saturated rings. The van der Waals surface area contributed by atoms with Gasteiger partial charge in [-0.3, -0.25) is 14.2 Å². The summed E-state index contributed by atoms with van der Waals surface area (Å²) in [4.78, 5) is 33.4. The minimum atomic E-state index is -0.287. The minimum absolute atomic E-state index is 0.0807. The Kier molecular flexibility index (Phi) is 6.29. The lowest BCUT2D eigenvalue weighted by Gasteiger charge is -2.07. The highest BCUT2D eigenvalue weighted by Crippen LogP contribution is 2.24. The number of Topliss-reactive ketones (excluding diaryl/α,β-unsaturated/α-hetero) is 1. The van der Waals surface area contributed by atoms with Crippen LogP contribution in [0.4, 0.5) is 5.88 Å². The van der Waals surface area contributed by atoms with Crippen molar-refractivity contribution >= 4 is 23.0 Å². The van der Waals surface area contributed by atoms with Gasteiger partial charge in [-0.15, -0.1) is 0 Å². The van der Waals surface area contributed by atoms with Gasteiger partial charge >= 0.3 is 5.88 Å². The van der Waals surface area contributed by atoms with E-state index in [1.54, 1.807) is 31.3 Å². The first kappa shape index (κ1) is 21.3. The molecular formula is C24H19N3O4S. The predicted molar refractivity (Wildman–Crippen MR) is 121 cm³/mol. The van der Waals surface area contributed by atoms with Crippen LogP contribution in [0.15, 0.2) is 70.0 Å². The summed E-state index contributed by atoms with van der Waals surface area (Å²) in [6, 6.07) is 16.1. The van der Waals surface area contributed by atoms with Gasteiger partial charge in [0, 0.05) is 25.1 Å². The summed E-state index contributed by atoms with van der Waals surface area (Å²) < 4.78 is 12.4. The average molecular weight is 446 g/mol. The molecule has 1 aromatic carbocycles. The zero-order valence-electron chi connectivity index (χ0n) is 17.3. The zero-order chi connectivity index (χ0) is 22.5. The van der Waals surface area contributed by atoms with Crippen LogP contribution in [-0.2, 0) is 13.0 Å². The van der Waals surface area contributed by atoms with E-state index >= 15 is 0 Å². The summed E-state index contributed by atoms with van der Waals surface area (Å²) >= 11 is 1.18. The molecule has 0 radical (unpaired) electrons. The molecule has 0 amide bonds. The molecule has 0 aliphatic heterocycles. The number of hydrogen-bond acceptors (Lipinski definition) is 6. The highest BCUT2D eigenvalue weighted by molar-refractivity contribution is 7.16. The Morgan fingerprint density at radius 2 is 2.03 bits per heavy atom. The van der Waals surface area contributed by atoms with Gasteiger partial charge in [0.1, 0.15) is 12.4 Å². The van der Waals surface area contributed by atoms with Crippen molar-refractivity contribution in [3.8, 4) is 10.9 Å².